The molecule has 0 aliphatic rings. The zero-order chi connectivity index (χ0) is 21.0. The van der Waals surface area contributed by atoms with E-state index in [-0.39, 0.29) is 18.4 Å². The van der Waals surface area contributed by atoms with E-state index in [2.05, 4.69) is 15.3 Å². The predicted octanol–water partition coefficient (Wildman–Crippen LogP) is 5.24. The SMILES string of the molecule is CCCN(CC(=O)Nc1ccc(Cl)cc1Cl)C(=O)c1cc(-c2csc(C)n2)c[nH]1. The van der Waals surface area contributed by atoms with E-state index in [1.54, 1.807) is 41.8 Å². The highest BCUT2D eigenvalue weighted by Crippen LogP contribution is 2.25. The number of nitrogens with zero attached hydrogens (tertiary/aromatic N) is 2. The molecule has 6 nitrogen and oxygen atoms in total. The molecule has 29 heavy (non-hydrogen) atoms. The molecule has 3 aromatic rings. The Morgan fingerprint density at radius 2 is 2.07 bits per heavy atom. The number of aryl methyl sites for hydroxylation is 1. The summed E-state index contributed by atoms with van der Waals surface area (Å²) in [6.07, 6.45) is 2.47. The van der Waals surface area contributed by atoms with Crippen molar-refractivity contribution in [2.45, 2.75) is 20.3 Å². The van der Waals surface area contributed by atoms with E-state index >= 15 is 0 Å². The third kappa shape index (κ3) is 5.38. The number of nitrogens with one attached hydrogen (secondary N) is 2. The normalized spacial score (nSPS) is 10.8. The van der Waals surface area contributed by atoms with Crippen LogP contribution in [-0.2, 0) is 4.79 Å². The maximum atomic E-state index is 12.9. The zero-order valence-corrected chi connectivity index (χ0v) is 18.3. The molecule has 0 aliphatic heterocycles. The van der Waals surface area contributed by atoms with Gasteiger partial charge in [0.15, 0.2) is 0 Å². The fourth-order valence-electron chi connectivity index (χ4n) is 2.81. The van der Waals surface area contributed by atoms with Crippen LogP contribution in [0.5, 0.6) is 0 Å². The summed E-state index contributed by atoms with van der Waals surface area (Å²) < 4.78 is 0. The topological polar surface area (TPSA) is 78.1 Å². The highest BCUT2D eigenvalue weighted by atomic mass is 35.5. The molecule has 0 radical (unpaired) electrons. The molecule has 9 heteroatoms. The highest BCUT2D eigenvalue weighted by Gasteiger charge is 2.21. The first-order valence-electron chi connectivity index (χ1n) is 9.02. The summed E-state index contributed by atoms with van der Waals surface area (Å²) in [6, 6.07) is 6.57. The number of halogens is 2. The Labute approximate surface area is 182 Å². The van der Waals surface area contributed by atoms with Gasteiger partial charge >= 0.3 is 0 Å². The van der Waals surface area contributed by atoms with Crippen molar-refractivity contribution in [1.82, 2.24) is 14.9 Å². The molecule has 0 saturated heterocycles. The van der Waals surface area contributed by atoms with Crippen molar-refractivity contribution >= 4 is 52.0 Å². The van der Waals surface area contributed by atoms with Crippen LogP contribution in [0.2, 0.25) is 10.0 Å². The maximum Gasteiger partial charge on any atom is 0.270 e. The molecular weight excluding hydrogens is 431 g/mol. The molecule has 0 spiro atoms. The first-order chi connectivity index (χ1) is 13.9. The fraction of sp³-hybridized carbons (Fsp3) is 0.250. The van der Waals surface area contributed by atoms with Gasteiger partial charge in [-0.1, -0.05) is 30.1 Å². The Morgan fingerprint density at radius 1 is 1.28 bits per heavy atom. The molecule has 0 bridgehead atoms. The minimum absolute atomic E-state index is 0.0875. The number of hydrogen-bond donors (Lipinski definition) is 2. The van der Waals surface area contributed by atoms with Crippen LogP contribution in [0.25, 0.3) is 11.3 Å². The number of aromatic amines is 1. The van der Waals surface area contributed by atoms with E-state index < -0.39 is 0 Å². The Bertz CT molecular complexity index is 1030. The van der Waals surface area contributed by atoms with Crippen LogP contribution in [0.15, 0.2) is 35.8 Å². The molecule has 152 valence electrons. The number of aromatic nitrogens is 2. The van der Waals surface area contributed by atoms with E-state index in [1.165, 1.54) is 4.90 Å². The average molecular weight is 451 g/mol. The minimum atomic E-state index is -0.335. The van der Waals surface area contributed by atoms with Gasteiger partial charge in [-0.3, -0.25) is 9.59 Å². The molecule has 3 rings (SSSR count). The molecule has 0 aliphatic carbocycles. The summed E-state index contributed by atoms with van der Waals surface area (Å²) >= 11 is 13.5. The van der Waals surface area contributed by atoms with Gasteiger partial charge in [0.1, 0.15) is 12.2 Å². The van der Waals surface area contributed by atoms with Crippen molar-refractivity contribution in [3.8, 4) is 11.3 Å². The van der Waals surface area contributed by atoms with Crippen molar-refractivity contribution in [2.75, 3.05) is 18.4 Å². The first kappa shape index (κ1) is 21.4. The number of rotatable bonds is 7. The number of anilines is 1. The quantitative estimate of drug-likeness (QED) is 0.516. The minimum Gasteiger partial charge on any atom is -0.357 e. The van der Waals surface area contributed by atoms with Crippen LogP contribution in [-0.4, -0.2) is 39.8 Å². The standard InChI is InChI=1S/C20H20Cl2N4O2S/c1-3-6-26(10-19(27)25-16-5-4-14(21)8-15(16)22)20(28)17-7-13(9-23-17)18-11-29-12(2)24-18/h4-5,7-9,11,23H,3,6,10H2,1-2H3,(H,25,27). The van der Waals surface area contributed by atoms with Crippen molar-refractivity contribution < 1.29 is 9.59 Å². The number of amides is 2. The van der Waals surface area contributed by atoms with Crippen molar-refractivity contribution in [2.24, 2.45) is 0 Å². The molecule has 0 saturated carbocycles. The number of hydrogen-bond acceptors (Lipinski definition) is 4. The lowest BCUT2D eigenvalue weighted by atomic mass is 10.2. The average Bonchev–Trinajstić information content (AvgIpc) is 3.32. The lowest BCUT2D eigenvalue weighted by Crippen LogP contribution is -2.38. The summed E-state index contributed by atoms with van der Waals surface area (Å²) in [7, 11) is 0. The number of benzene rings is 1. The van der Waals surface area contributed by atoms with Gasteiger partial charge in [0.25, 0.3) is 5.91 Å². The smallest absolute Gasteiger partial charge is 0.270 e. The van der Waals surface area contributed by atoms with Crippen LogP contribution in [0, 0.1) is 6.92 Å². The third-order valence-corrected chi connectivity index (χ3v) is 5.47. The molecule has 1 aromatic carbocycles. The van der Waals surface area contributed by atoms with Crippen LogP contribution >= 0.6 is 34.5 Å². The molecule has 2 amide bonds. The van der Waals surface area contributed by atoms with Crippen LogP contribution < -0.4 is 5.32 Å². The van der Waals surface area contributed by atoms with Gasteiger partial charge < -0.3 is 15.2 Å². The fourth-order valence-corrected chi connectivity index (χ4v) is 3.89. The Kier molecular flexibility index (Phi) is 6.95. The van der Waals surface area contributed by atoms with Crippen LogP contribution in [0.4, 0.5) is 5.69 Å². The molecular formula is C20H20Cl2N4O2S. The van der Waals surface area contributed by atoms with Gasteiger partial charge in [0.05, 0.1) is 21.4 Å². The van der Waals surface area contributed by atoms with Gasteiger partial charge in [-0.25, -0.2) is 4.98 Å². The van der Waals surface area contributed by atoms with Gasteiger partial charge in [0, 0.05) is 28.7 Å². The summed E-state index contributed by atoms with van der Waals surface area (Å²) in [5, 5.41) is 6.45. The molecule has 2 N–H and O–H groups in total. The summed E-state index contributed by atoms with van der Waals surface area (Å²) in [6.45, 7) is 4.24. The molecule has 2 heterocycles. The zero-order valence-electron chi connectivity index (χ0n) is 16.0. The Hall–Kier alpha value is -2.35. The van der Waals surface area contributed by atoms with E-state index in [9.17, 15) is 9.59 Å². The Morgan fingerprint density at radius 3 is 2.72 bits per heavy atom. The van der Waals surface area contributed by atoms with Gasteiger partial charge in [-0.15, -0.1) is 11.3 Å². The number of carbonyl (C=O) groups excluding carboxylic acids is 2. The van der Waals surface area contributed by atoms with E-state index in [0.29, 0.717) is 28.0 Å². The van der Waals surface area contributed by atoms with Crippen molar-refractivity contribution in [1.29, 1.82) is 0 Å². The lowest BCUT2D eigenvalue weighted by Gasteiger charge is -2.21. The molecule has 0 atom stereocenters. The summed E-state index contributed by atoms with van der Waals surface area (Å²) in [5.41, 5.74) is 2.52. The monoisotopic (exact) mass is 450 g/mol. The second-order valence-corrected chi connectivity index (χ2v) is 8.36. The number of carbonyl (C=O) groups is 2. The summed E-state index contributed by atoms with van der Waals surface area (Å²) in [4.78, 5) is 34.4. The van der Waals surface area contributed by atoms with Crippen molar-refractivity contribution in [3.05, 3.63) is 56.6 Å². The van der Waals surface area contributed by atoms with Gasteiger partial charge in [-0.2, -0.15) is 0 Å². The van der Waals surface area contributed by atoms with E-state index in [1.807, 2.05) is 19.2 Å². The highest BCUT2D eigenvalue weighted by molar-refractivity contribution is 7.09. The van der Waals surface area contributed by atoms with Crippen molar-refractivity contribution in [3.63, 3.8) is 0 Å². The molecule has 0 fully saturated rings. The Balaban J connectivity index is 1.71. The second-order valence-electron chi connectivity index (χ2n) is 6.45. The molecule has 2 aromatic heterocycles. The largest absolute Gasteiger partial charge is 0.357 e. The molecule has 0 unspecified atom stereocenters. The maximum absolute atomic E-state index is 12.9. The number of thiazole rings is 1. The van der Waals surface area contributed by atoms with E-state index in [4.69, 9.17) is 23.2 Å². The van der Waals surface area contributed by atoms with Gasteiger partial charge in [-0.05, 0) is 37.6 Å². The second kappa shape index (κ2) is 9.43. The van der Waals surface area contributed by atoms with Crippen LogP contribution in [0.1, 0.15) is 28.8 Å². The van der Waals surface area contributed by atoms with Crippen LogP contribution in [0.3, 0.4) is 0 Å². The predicted molar refractivity (Wildman–Crippen MR) is 118 cm³/mol. The first-order valence-corrected chi connectivity index (χ1v) is 10.7. The third-order valence-electron chi connectivity index (χ3n) is 4.15. The van der Waals surface area contributed by atoms with E-state index in [0.717, 1.165) is 22.7 Å². The lowest BCUT2D eigenvalue weighted by molar-refractivity contribution is -0.116. The summed E-state index contributed by atoms with van der Waals surface area (Å²) in [5.74, 6) is -0.583. The number of H-pyrrole nitrogens is 1. The van der Waals surface area contributed by atoms with Gasteiger partial charge in [0.2, 0.25) is 5.91 Å².